The first kappa shape index (κ1) is 12.8. The standard InChI is InChI=1S/C13H15N5O/c1-18(2)13(19)11-7-8-12(17-16-11)15-10-5-3-9(14)4-6-10/h3-8H,14H2,1-2H3,(H,15,17). The van der Waals surface area contributed by atoms with Crippen LogP contribution in [0.5, 0.6) is 0 Å². The number of nitrogens with zero attached hydrogens (tertiary/aromatic N) is 3. The normalized spacial score (nSPS) is 10.0. The summed E-state index contributed by atoms with van der Waals surface area (Å²) in [6, 6.07) is 10.6. The zero-order valence-corrected chi connectivity index (χ0v) is 10.8. The van der Waals surface area contributed by atoms with Crippen molar-refractivity contribution in [3.05, 3.63) is 42.1 Å². The molecule has 2 rings (SSSR count). The summed E-state index contributed by atoms with van der Waals surface area (Å²) in [5, 5.41) is 10.9. The van der Waals surface area contributed by atoms with Crippen molar-refractivity contribution in [2.24, 2.45) is 0 Å². The second-order valence-electron chi connectivity index (χ2n) is 4.25. The first-order valence-corrected chi connectivity index (χ1v) is 5.74. The third kappa shape index (κ3) is 3.19. The monoisotopic (exact) mass is 257 g/mol. The van der Waals surface area contributed by atoms with Crippen LogP contribution >= 0.6 is 0 Å². The number of hydrogen-bond donors (Lipinski definition) is 2. The van der Waals surface area contributed by atoms with Crippen LogP contribution in [0.1, 0.15) is 10.5 Å². The molecular weight excluding hydrogens is 242 g/mol. The molecule has 6 heteroatoms. The first-order valence-electron chi connectivity index (χ1n) is 5.74. The molecule has 3 N–H and O–H groups in total. The van der Waals surface area contributed by atoms with Crippen molar-refractivity contribution in [3.8, 4) is 0 Å². The molecule has 0 aliphatic heterocycles. The fourth-order valence-corrected chi connectivity index (χ4v) is 1.46. The van der Waals surface area contributed by atoms with Crippen LogP contribution in [0.3, 0.4) is 0 Å². The van der Waals surface area contributed by atoms with Crippen molar-refractivity contribution >= 4 is 23.1 Å². The second kappa shape index (κ2) is 5.34. The Morgan fingerprint density at radius 1 is 1.11 bits per heavy atom. The Hall–Kier alpha value is -2.63. The molecule has 1 aromatic carbocycles. The maximum absolute atomic E-state index is 11.6. The van der Waals surface area contributed by atoms with Crippen LogP contribution in [0.2, 0.25) is 0 Å². The van der Waals surface area contributed by atoms with E-state index in [9.17, 15) is 4.79 Å². The van der Waals surface area contributed by atoms with Crippen molar-refractivity contribution in [3.63, 3.8) is 0 Å². The SMILES string of the molecule is CN(C)C(=O)c1ccc(Nc2ccc(N)cc2)nn1. The Bertz CT molecular complexity index is 563. The average Bonchev–Trinajstić information content (AvgIpc) is 2.41. The van der Waals surface area contributed by atoms with Crippen molar-refractivity contribution in [1.82, 2.24) is 15.1 Å². The van der Waals surface area contributed by atoms with Gasteiger partial charge in [-0.25, -0.2) is 0 Å². The van der Waals surface area contributed by atoms with Crippen LogP contribution in [0.4, 0.5) is 17.2 Å². The summed E-state index contributed by atoms with van der Waals surface area (Å²) in [5.74, 6) is 0.395. The summed E-state index contributed by atoms with van der Waals surface area (Å²) in [7, 11) is 3.34. The van der Waals surface area contributed by atoms with E-state index in [0.717, 1.165) is 5.69 Å². The van der Waals surface area contributed by atoms with Gasteiger partial charge >= 0.3 is 0 Å². The van der Waals surface area contributed by atoms with E-state index < -0.39 is 0 Å². The molecular formula is C13H15N5O. The fourth-order valence-electron chi connectivity index (χ4n) is 1.46. The maximum atomic E-state index is 11.6. The number of anilines is 3. The number of carbonyl (C=O) groups excluding carboxylic acids is 1. The summed E-state index contributed by atoms with van der Waals surface area (Å²) in [6.45, 7) is 0. The Morgan fingerprint density at radius 3 is 2.32 bits per heavy atom. The molecule has 0 radical (unpaired) electrons. The molecule has 0 aliphatic rings. The molecule has 6 nitrogen and oxygen atoms in total. The molecule has 1 heterocycles. The molecule has 2 aromatic rings. The Labute approximate surface area is 111 Å². The van der Waals surface area contributed by atoms with Gasteiger partial charge in [-0.1, -0.05) is 0 Å². The Balaban J connectivity index is 2.10. The van der Waals surface area contributed by atoms with Gasteiger partial charge in [-0.15, -0.1) is 10.2 Å². The van der Waals surface area contributed by atoms with Crippen molar-refractivity contribution < 1.29 is 4.79 Å². The van der Waals surface area contributed by atoms with Gasteiger partial charge in [-0.2, -0.15) is 0 Å². The second-order valence-corrected chi connectivity index (χ2v) is 4.25. The lowest BCUT2D eigenvalue weighted by molar-refractivity contribution is 0.0821. The highest BCUT2D eigenvalue weighted by Crippen LogP contribution is 2.15. The third-order valence-electron chi connectivity index (χ3n) is 2.47. The van der Waals surface area contributed by atoms with Gasteiger partial charge < -0.3 is 16.0 Å². The number of carbonyl (C=O) groups is 1. The van der Waals surface area contributed by atoms with Gasteiger partial charge in [0.25, 0.3) is 5.91 Å². The molecule has 0 bridgehead atoms. The van der Waals surface area contributed by atoms with E-state index in [1.807, 2.05) is 12.1 Å². The van der Waals surface area contributed by atoms with Crippen molar-refractivity contribution in [2.45, 2.75) is 0 Å². The van der Waals surface area contributed by atoms with Crippen molar-refractivity contribution in [2.75, 3.05) is 25.1 Å². The van der Waals surface area contributed by atoms with Crippen LogP contribution in [0.25, 0.3) is 0 Å². The van der Waals surface area contributed by atoms with Gasteiger partial charge in [0.05, 0.1) is 0 Å². The minimum absolute atomic E-state index is 0.175. The largest absolute Gasteiger partial charge is 0.399 e. The summed E-state index contributed by atoms with van der Waals surface area (Å²) in [4.78, 5) is 13.1. The highest BCUT2D eigenvalue weighted by molar-refractivity contribution is 5.91. The molecule has 0 saturated carbocycles. The molecule has 0 spiro atoms. The van der Waals surface area contributed by atoms with E-state index in [2.05, 4.69) is 15.5 Å². The van der Waals surface area contributed by atoms with Gasteiger partial charge in [0.2, 0.25) is 0 Å². The number of rotatable bonds is 3. The highest BCUT2D eigenvalue weighted by atomic mass is 16.2. The maximum Gasteiger partial charge on any atom is 0.273 e. The summed E-state index contributed by atoms with van der Waals surface area (Å²) in [6.07, 6.45) is 0. The topological polar surface area (TPSA) is 84.1 Å². The average molecular weight is 257 g/mol. The van der Waals surface area contributed by atoms with Crippen LogP contribution in [0, 0.1) is 0 Å². The number of nitrogen functional groups attached to an aromatic ring is 1. The lowest BCUT2D eigenvalue weighted by atomic mass is 10.3. The van der Waals surface area contributed by atoms with E-state index >= 15 is 0 Å². The van der Waals surface area contributed by atoms with E-state index in [0.29, 0.717) is 17.2 Å². The number of hydrogen-bond acceptors (Lipinski definition) is 5. The number of benzene rings is 1. The fraction of sp³-hybridized carbons (Fsp3) is 0.154. The molecule has 1 amide bonds. The smallest absolute Gasteiger partial charge is 0.273 e. The predicted molar refractivity (Wildman–Crippen MR) is 74.2 cm³/mol. The van der Waals surface area contributed by atoms with Gasteiger partial charge in [0, 0.05) is 25.5 Å². The minimum Gasteiger partial charge on any atom is -0.399 e. The minimum atomic E-state index is -0.175. The van der Waals surface area contributed by atoms with E-state index in [4.69, 9.17) is 5.73 Å². The third-order valence-corrected chi connectivity index (χ3v) is 2.47. The van der Waals surface area contributed by atoms with Crippen LogP contribution in [0.15, 0.2) is 36.4 Å². The highest BCUT2D eigenvalue weighted by Gasteiger charge is 2.09. The molecule has 0 aliphatic carbocycles. The van der Waals surface area contributed by atoms with E-state index in [1.165, 1.54) is 4.90 Å². The lowest BCUT2D eigenvalue weighted by Crippen LogP contribution is -2.23. The van der Waals surface area contributed by atoms with Gasteiger partial charge in [-0.3, -0.25) is 4.79 Å². The van der Waals surface area contributed by atoms with E-state index in [-0.39, 0.29) is 5.91 Å². The molecule has 0 unspecified atom stereocenters. The number of nitrogens with two attached hydrogens (primary N) is 1. The zero-order valence-electron chi connectivity index (χ0n) is 10.8. The van der Waals surface area contributed by atoms with Gasteiger partial charge in [0.15, 0.2) is 11.5 Å². The molecule has 1 aromatic heterocycles. The predicted octanol–water partition coefficient (Wildman–Crippen LogP) is 1.50. The Kier molecular flexibility index (Phi) is 3.61. The van der Waals surface area contributed by atoms with E-state index in [1.54, 1.807) is 38.4 Å². The zero-order chi connectivity index (χ0) is 13.8. The quantitative estimate of drug-likeness (QED) is 0.814. The summed E-state index contributed by atoms with van der Waals surface area (Å²) in [5.41, 5.74) is 7.47. The number of aromatic nitrogens is 2. The molecule has 0 atom stereocenters. The Morgan fingerprint density at radius 2 is 1.79 bits per heavy atom. The van der Waals surface area contributed by atoms with Crippen LogP contribution in [-0.4, -0.2) is 35.1 Å². The van der Waals surface area contributed by atoms with Crippen LogP contribution in [-0.2, 0) is 0 Å². The van der Waals surface area contributed by atoms with Gasteiger partial charge in [-0.05, 0) is 36.4 Å². The molecule has 98 valence electrons. The first-order chi connectivity index (χ1) is 9.06. The molecule has 0 saturated heterocycles. The van der Waals surface area contributed by atoms with Crippen LogP contribution < -0.4 is 11.1 Å². The molecule has 0 fully saturated rings. The summed E-state index contributed by atoms with van der Waals surface area (Å²) < 4.78 is 0. The van der Waals surface area contributed by atoms with Crippen molar-refractivity contribution in [1.29, 1.82) is 0 Å². The summed E-state index contributed by atoms with van der Waals surface area (Å²) >= 11 is 0. The number of amides is 1. The van der Waals surface area contributed by atoms with Gasteiger partial charge in [0.1, 0.15) is 0 Å². The lowest BCUT2D eigenvalue weighted by Gasteiger charge is -2.09. The molecule has 19 heavy (non-hydrogen) atoms. The number of nitrogens with one attached hydrogen (secondary N) is 1.